The van der Waals surface area contributed by atoms with Crippen molar-refractivity contribution in [1.82, 2.24) is 20.0 Å². The highest BCUT2D eigenvalue weighted by atomic mass is 35.5. The molecule has 30 heavy (non-hydrogen) atoms. The van der Waals surface area contributed by atoms with Gasteiger partial charge in [-0.15, -0.1) is 0 Å². The molecule has 3 aromatic rings. The average molecular weight is 443 g/mol. The maximum atomic E-state index is 12.8. The maximum absolute atomic E-state index is 12.8. The molecule has 2 aromatic heterocycles. The Labute approximate surface area is 182 Å². The highest BCUT2D eigenvalue weighted by Crippen LogP contribution is 2.31. The van der Waals surface area contributed by atoms with Gasteiger partial charge in [-0.25, -0.2) is 14.6 Å². The molecular weight excluding hydrogens is 424 g/mol. The predicted molar refractivity (Wildman–Crippen MR) is 115 cm³/mol. The van der Waals surface area contributed by atoms with Crippen molar-refractivity contribution in [3.05, 3.63) is 76.7 Å². The fraction of sp³-hybridized carbons (Fsp3) is 0.190. The van der Waals surface area contributed by atoms with Crippen molar-refractivity contribution in [2.75, 3.05) is 12.4 Å². The van der Waals surface area contributed by atoms with Crippen molar-refractivity contribution in [3.63, 3.8) is 0 Å². The van der Waals surface area contributed by atoms with Crippen LogP contribution in [0.15, 0.2) is 71.3 Å². The maximum Gasteiger partial charge on any atom is 0.338 e. The molecule has 1 unspecified atom stereocenters. The SMILES string of the molecule is CCOC(=O)C1=C(CSc2ncc3ccccn23)NC(=O)NC1c1ccc(Cl)cc1. The molecule has 0 bridgehead atoms. The van der Waals surface area contributed by atoms with Crippen LogP contribution in [0.25, 0.3) is 5.52 Å². The Morgan fingerprint density at radius 1 is 1.27 bits per heavy atom. The smallest absolute Gasteiger partial charge is 0.338 e. The molecule has 3 heterocycles. The fourth-order valence-electron chi connectivity index (χ4n) is 3.25. The molecule has 2 N–H and O–H groups in total. The van der Waals surface area contributed by atoms with E-state index >= 15 is 0 Å². The van der Waals surface area contributed by atoms with E-state index in [-0.39, 0.29) is 12.6 Å². The van der Waals surface area contributed by atoms with Gasteiger partial charge in [0, 0.05) is 22.7 Å². The number of nitrogens with one attached hydrogen (secondary N) is 2. The average Bonchev–Trinajstić information content (AvgIpc) is 3.15. The van der Waals surface area contributed by atoms with E-state index < -0.39 is 12.0 Å². The summed E-state index contributed by atoms with van der Waals surface area (Å²) in [6.45, 7) is 1.98. The topological polar surface area (TPSA) is 84.7 Å². The number of fused-ring (bicyclic) bond motifs is 1. The van der Waals surface area contributed by atoms with Gasteiger partial charge in [0.05, 0.1) is 29.9 Å². The summed E-state index contributed by atoms with van der Waals surface area (Å²) in [5, 5.41) is 6.92. The Morgan fingerprint density at radius 2 is 2.07 bits per heavy atom. The molecule has 2 amide bonds. The number of halogens is 1. The van der Waals surface area contributed by atoms with Crippen molar-refractivity contribution >= 4 is 40.9 Å². The van der Waals surface area contributed by atoms with Gasteiger partial charge >= 0.3 is 12.0 Å². The Hall–Kier alpha value is -2.97. The molecule has 1 aliphatic rings. The number of hydrogen-bond donors (Lipinski definition) is 2. The van der Waals surface area contributed by atoms with E-state index in [0.29, 0.717) is 22.0 Å². The van der Waals surface area contributed by atoms with E-state index in [1.165, 1.54) is 11.8 Å². The van der Waals surface area contributed by atoms with E-state index in [9.17, 15) is 9.59 Å². The van der Waals surface area contributed by atoms with Crippen LogP contribution in [0.4, 0.5) is 4.79 Å². The molecule has 4 rings (SSSR count). The van der Waals surface area contributed by atoms with Crippen LogP contribution in [-0.4, -0.2) is 33.7 Å². The zero-order valence-electron chi connectivity index (χ0n) is 16.1. The van der Waals surface area contributed by atoms with Crippen LogP contribution in [0.1, 0.15) is 18.5 Å². The first-order valence-corrected chi connectivity index (χ1v) is 10.7. The van der Waals surface area contributed by atoms with Gasteiger partial charge in [-0.05, 0) is 36.8 Å². The number of benzene rings is 1. The lowest BCUT2D eigenvalue weighted by atomic mass is 9.95. The molecule has 0 saturated carbocycles. The van der Waals surface area contributed by atoms with Crippen LogP contribution in [0.5, 0.6) is 0 Å². The number of rotatable bonds is 6. The summed E-state index contributed by atoms with van der Waals surface area (Å²) in [5.41, 5.74) is 2.57. The minimum atomic E-state index is -0.636. The number of carbonyl (C=O) groups is 2. The molecule has 0 aliphatic carbocycles. The Balaban J connectivity index is 1.69. The van der Waals surface area contributed by atoms with Gasteiger partial charge in [-0.3, -0.25) is 4.40 Å². The standard InChI is InChI=1S/C21H19ClN4O3S/c1-2-29-19(27)17-16(12-30-21-23-11-15-5-3-4-10-26(15)21)24-20(28)25-18(17)13-6-8-14(22)9-7-13/h3-11,18H,2,12H2,1H3,(H2,24,25,28). The van der Waals surface area contributed by atoms with E-state index in [1.807, 2.05) is 28.8 Å². The number of ether oxygens (including phenoxy) is 1. The van der Waals surface area contributed by atoms with Crippen molar-refractivity contribution in [2.24, 2.45) is 0 Å². The van der Waals surface area contributed by atoms with Gasteiger partial charge in [-0.1, -0.05) is 41.6 Å². The molecule has 0 radical (unpaired) electrons. The van der Waals surface area contributed by atoms with Crippen molar-refractivity contribution in [3.8, 4) is 0 Å². The predicted octanol–water partition coefficient (Wildman–Crippen LogP) is 3.95. The van der Waals surface area contributed by atoms with E-state index in [4.69, 9.17) is 16.3 Å². The first-order valence-electron chi connectivity index (χ1n) is 9.35. The number of nitrogens with zero attached hydrogens (tertiary/aromatic N) is 2. The van der Waals surface area contributed by atoms with Gasteiger partial charge in [0.2, 0.25) is 0 Å². The zero-order valence-corrected chi connectivity index (χ0v) is 17.7. The molecule has 1 aromatic carbocycles. The van der Waals surface area contributed by atoms with Crippen molar-refractivity contribution < 1.29 is 14.3 Å². The summed E-state index contributed by atoms with van der Waals surface area (Å²) >= 11 is 7.42. The number of carbonyl (C=O) groups excluding carboxylic acids is 2. The van der Waals surface area contributed by atoms with Crippen molar-refractivity contribution in [1.29, 1.82) is 0 Å². The number of imidazole rings is 1. The zero-order chi connectivity index (χ0) is 21.1. The Morgan fingerprint density at radius 3 is 2.83 bits per heavy atom. The molecule has 9 heteroatoms. The van der Waals surface area contributed by atoms with Crippen LogP contribution in [-0.2, 0) is 9.53 Å². The highest BCUT2D eigenvalue weighted by Gasteiger charge is 2.33. The molecule has 1 aliphatic heterocycles. The van der Waals surface area contributed by atoms with E-state index in [2.05, 4.69) is 15.6 Å². The number of amides is 2. The summed E-state index contributed by atoms with van der Waals surface area (Å²) in [5.74, 6) is -0.131. The van der Waals surface area contributed by atoms with Crippen LogP contribution < -0.4 is 10.6 Å². The molecule has 0 saturated heterocycles. The third-order valence-electron chi connectivity index (χ3n) is 4.60. The molecular formula is C21H19ClN4O3S. The largest absolute Gasteiger partial charge is 0.463 e. The van der Waals surface area contributed by atoms with Crippen LogP contribution in [0.3, 0.4) is 0 Å². The molecule has 0 fully saturated rings. The number of thioether (sulfide) groups is 1. The summed E-state index contributed by atoms with van der Waals surface area (Å²) in [6, 6.07) is 11.8. The fourth-order valence-corrected chi connectivity index (χ4v) is 4.31. The van der Waals surface area contributed by atoms with Crippen LogP contribution in [0, 0.1) is 0 Å². The second-order valence-electron chi connectivity index (χ2n) is 6.52. The van der Waals surface area contributed by atoms with E-state index in [0.717, 1.165) is 16.2 Å². The third kappa shape index (κ3) is 4.15. The first-order chi connectivity index (χ1) is 14.6. The monoisotopic (exact) mass is 442 g/mol. The number of urea groups is 1. The highest BCUT2D eigenvalue weighted by molar-refractivity contribution is 7.99. The third-order valence-corrected chi connectivity index (χ3v) is 5.85. The lowest BCUT2D eigenvalue weighted by Gasteiger charge is -2.29. The summed E-state index contributed by atoms with van der Waals surface area (Å²) in [4.78, 5) is 29.6. The molecule has 154 valence electrons. The normalized spacial score (nSPS) is 16.3. The second-order valence-corrected chi connectivity index (χ2v) is 7.90. The number of hydrogen-bond acceptors (Lipinski definition) is 5. The Bertz CT molecular complexity index is 1130. The second kappa shape index (κ2) is 8.81. The molecule has 7 nitrogen and oxygen atoms in total. The lowest BCUT2D eigenvalue weighted by molar-refractivity contribution is -0.139. The number of aromatic nitrogens is 2. The Kier molecular flexibility index (Phi) is 5.96. The van der Waals surface area contributed by atoms with Gasteiger partial charge in [0.1, 0.15) is 0 Å². The van der Waals surface area contributed by atoms with Crippen molar-refractivity contribution in [2.45, 2.75) is 18.1 Å². The minimum absolute atomic E-state index is 0.231. The summed E-state index contributed by atoms with van der Waals surface area (Å²) < 4.78 is 7.24. The molecule has 1 atom stereocenters. The van der Waals surface area contributed by atoms with Gasteiger partial charge in [-0.2, -0.15) is 0 Å². The lowest BCUT2D eigenvalue weighted by Crippen LogP contribution is -2.46. The van der Waals surface area contributed by atoms with Gasteiger partial charge in [0.15, 0.2) is 5.16 Å². The number of esters is 1. The minimum Gasteiger partial charge on any atom is -0.463 e. The summed E-state index contributed by atoms with van der Waals surface area (Å²) in [6.07, 6.45) is 3.70. The van der Waals surface area contributed by atoms with E-state index in [1.54, 1.807) is 37.4 Å². The van der Waals surface area contributed by atoms with Gasteiger partial charge < -0.3 is 15.4 Å². The molecule has 0 spiro atoms. The van der Waals surface area contributed by atoms with Gasteiger partial charge in [0.25, 0.3) is 0 Å². The van der Waals surface area contributed by atoms with Crippen LogP contribution >= 0.6 is 23.4 Å². The quantitative estimate of drug-likeness (QED) is 0.446. The number of pyridine rings is 1. The summed E-state index contributed by atoms with van der Waals surface area (Å²) in [7, 11) is 0. The van der Waals surface area contributed by atoms with Crippen LogP contribution in [0.2, 0.25) is 5.02 Å². The first kappa shape index (κ1) is 20.3.